The largest absolute Gasteiger partial charge is 0.373 e. The number of hydrogen-bond acceptors (Lipinski definition) is 9. The van der Waals surface area contributed by atoms with E-state index in [1.165, 1.54) is 39.7 Å². The van der Waals surface area contributed by atoms with E-state index >= 15 is 0 Å². The number of ketones is 1. The molecule has 152 valence electrons. The van der Waals surface area contributed by atoms with Gasteiger partial charge in [0.15, 0.2) is 5.78 Å². The molecule has 0 amide bonds. The van der Waals surface area contributed by atoms with Gasteiger partial charge in [-0.25, -0.2) is 8.42 Å². The van der Waals surface area contributed by atoms with Gasteiger partial charge in [-0.2, -0.15) is 13.7 Å². The van der Waals surface area contributed by atoms with Gasteiger partial charge in [-0.1, -0.05) is 23.9 Å². The molecule has 2 unspecified atom stereocenters. The summed E-state index contributed by atoms with van der Waals surface area (Å²) in [5.41, 5.74) is 0.331. The van der Waals surface area contributed by atoms with Crippen molar-refractivity contribution in [3.8, 4) is 0 Å². The Morgan fingerprint density at radius 2 is 2.07 bits per heavy atom. The molecule has 0 spiro atoms. The Kier molecular flexibility index (Phi) is 6.71. The first-order valence-electron chi connectivity index (χ1n) is 8.70. The van der Waals surface area contributed by atoms with Crippen LogP contribution in [-0.2, 0) is 14.8 Å². The Morgan fingerprint density at radius 3 is 2.71 bits per heavy atom. The number of aromatic nitrogens is 2. The Bertz CT molecular complexity index is 937. The second kappa shape index (κ2) is 8.87. The van der Waals surface area contributed by atoms with Crippen molar-refractivity contribution in [2.75, 3.05) is 31.2 Å². The Balaban J connectivity index is 1.72. The number of hydrogen-bond donors (Lipinski definition) is 1. The third-order valence-electron chi connectivity index (χ3n) is 4.17. The number of nitrogens with zero attached hydrogens (tertiary/aromatic N) is 3. The van der Waals surface area contributed by atoms with E-state index < -0.39 is 10.0 Å². The average molecular weight is 443 g/mol. The molecule has 8 nitrogen and oxygen atoms in total. The first-order chi connectivity index (χ1) is 13.3. The van der Waals surface area contributed by atoms with Crippen LogP contribution >= 0.6 is 23.3 Å². The number of carbonyl (C=O) groups is 1. The number of nitrogens with one attached hydrogen (secondary N) is 1. The maximum Gasteiger partial charge on any atom is 0.243 e. The van der Waals surface area contributed by atoms with Gasteiger partial charge in [0.05, 0.1) is 23.6 Å². The molecule has 0 radical (unpaired) electrons. The number of sulfonamides is 1. The number of thioether (sulfide) groups is 1. The average Bonchev–Trinajstić information content (AvgIpc) is 3.13. The van der Waals surface area contributed by atoms with Crippen molar-refractivity contribution < 1.29 is 17.9 Å². The van der Waals surface area contributed by atoms with Crippen molar-refractivity contribution >= 4 is 44.2 Å². The normalized spacial score (nSPS) is 20.8. The molecule has 11 heteroatoms. The third kappa shape index (κ3) is 4.90. The number of Topliss-reactive ketones (excluding diaryl/α,β-unsaturated/α-hetero) is 1. The van der Waals surface area contributed by atoms with E-state index in [9.17, 15) is 13.2 Å². The van der Waals surface area contributed by atoms with Crippen molar-refractivity contribution in [1.82, 2.24) is 13.7 Å². The quantitative estimate of drug-likeness (QED) is 0.515. The van der Waals surface area contributed by atoms with Crippen LogP contribution < -0.4 is 5.32 Å². The van der Waals surface area contributed by atoms with Crippen molar-refractivity contribution in [2.45, 2.75) is 36.1 Å². The summed E-state index contributed by atoms with van der Waals surface area (Å²) in [6, 6.07) is 6.14. The summed E-state index contributed by atoms with van der Waals surface area (Å²) in [5.74, 6) is -0.221. The van der Waals surface area contributed by atoms with E-state index in [0.29, 0.717) is 28.9 Å². The molecule has 1 aromatic heterocycles. The molecule has 1 saturated heterocycles. The fourth-order valence-corrected chi connectivity index (χ4v) is 5.69. The van der Waals surface area contributed by atoms with Crippen molar-refractivity contribution in [2.24, 2.45) is 0 Å². The van der Waals surface area contributed by atoms with Gasteiger partial charge in [0, 0.05) is 30.2 Å². The molecule has 1 fully saturated rings. The maximum absolute atomic E-state index is 13.0. The summed E-state index contributed by atoms with van der Waals surface area (Å²) in [5, 5.41) is 4.13. The van der Waals surface area contributed by atoms with Crippen LogP contribution in [0.25, 0.3) is 0 Å². The molecule has 3 rings (SSSR count). The summed E-state index contributed by atoms with van der Waals surface area (Å²) >= 11 is 2.60. The molecule has 0 saturated carbocycles. The van der Waals surface area contributed by atoms with Gasteiger partial charge in [-0.3, -0.25) is 4.79 Å². The minimum absolute atomic E-state index is 0.0120. The fraction of sp³-hybridized carbons (Fsp3) is 0.471. The lowest BCUT2D eigenvalue weighted by atomic mass is 10.1. The zero-order valence-electron chi connectivity index (χ0n) is 15.8. The van der Waals surface area contributed by atoms with Crippen molar-refractivity contribution in [3.63, 3.8) is 0 Å². The van der Waals surface area contributed by atoms with Crippen LogP contribution in [0.15, 0.2) is 34.3 Å². The van der Waals surface area contributed by atoms with Crippen LogP contribution in [0.4, 0.5) is 5.13 Å². The van der Waals surface area contributed by atoms with Crippen LogP contribution in [0.3, 0.4) is 0 Å². The summed E-state index contributed by atoms with van der Waals surface area (Å²) in [6.45, 7) is 4.29. The van der Waals surface area contributed by atoms with Gasteiger partial charge in [0.2, 0.25) is 20.3 Å². The third-order valence-corrected chi connectivity index (χ3v) is 7.33. The minimum atomic E-state index is -3.69. The first kappa shape index (κ1) is 21.2. The topological polar surface area (TPSA) is 101 Å². The molecular formula is C17H22N4O4S3. The highest BCUT2D eigenvalue weighted by atomic mass is 32.2. The van der Waals surface area contributed by atoms with E-state index in [1.54, 1.807) is 12.1 Å². The Labute approximate surface area is 172 Å². The number of benzene rings is 1. The fourth-order valence-electron chi connectivity index (χ4n) is 2.93. The predicted octanol–water partition coefficient (Wildman–Crippen LogP) is 2.35. The van der Waals surface area contributed by atoms with Gasteiger partial charge in [0.25, 0.3) is 0 Å². The molecule has 1 N–H and O–H groups in total. The smallest absolute Gasteiger partial charge is 0.243 e. The van der Waals surface area contributed by atoms with Gasteiger partial charge >= 0.3 is 0 Å². The number of ether oxygens (including phenoxy) is 1. The minimum Gasteiger partial charge on any atom is -0.373 e. The van der Waals surface area contributed by atoms with E-state index in [1.807, 2.05) is 20.1 Å². The van der Waals surface area contributed by atoms with Crippen LogP contribution in [0.2, 0.25) is 0 Å². The number of morpholine rings is 1. The molecule has 2 aromatic rings. The molecule has 1 aromatic carbocycles. The Morgan fingerprint density at radius 1 is 1.36 bits per heavy atom. The zero-order valence-corrected chi connectivity index (χ0v) is 18.2. The van der Waals surface area contributed by atoms with E-state index in [0.717, 1.165) is 0 Å². The van der Waals surface area contributed by atoms with Gasteiger partial charge in [-0.15, -0.1) is 0 Å². The van der Waals surface area contributed by atoms with Crippen molar-refractivity contribution in [1.29, 1.82) is 0 Å². The van der Waals surface area contributed by atoms with Crippen LogP contribution in [0, 0.1) is 0 Å². The number of carbonyl (C=O) groups excluding carboxylic acids is 1. The van der Waals surface area contributed by atoms with E-state index in [-0.39, 0.29) is 29.4 Å². The summed E-state index contributed by atoms with van der Waals surface area (Å²) in [4.78, 5) is 16.8. The van der Waals surface area contributed by atoms with E-state index in [2.05, 4.69) is 14.7 Å². The highest BCUT2D eigenvalue weighted by Crippen LogP contribution is 2.22. The lowest BCUT2D eigenvalue weighted by molar-refractivity contribution is -0.0440. The Hall–Kier alpha value is -1.53. The summed E-state index contributed by atoms with van der Waals surface area (Å²) in [6.07, 6.45) is 1.52. The maximum atomic E-state index is 13.0. The second-order valence-electron chi connectivity index (χ2n) is 6.47. The monoisotopic (exact) mass is 442 g/mol. The van der Waals surface area contributed by atoms with Gasteiger partial charge in [-0.05, 0) is 32.2 Å². The van der Waals surface area contributed by atoms with Crippen molar-refractivity contribution in [3.05, 3.63) is 29.8 Å². The number of anilines is 1. The summed E-state index contributed by atoms with van der Waals surface area (Å²) in [7, 11) is -3.69. The summed E-state index contributed by atoms with van der Waals surface area (Å²) < 4.78 is 37.1. The zero-order chi connectivity index (χ0) is 20.3. The lowest BCUT2D eigenvalue weighted by Gasteiger charge is -2.34. The molecule has 0 aliphatic carbocycles. The second-order valence-corrected chi connectivity index (χ2v) is 9.93. The molecule has 0 bridgehead atoms. The molecule has 28 heavy (non-hydrogen) atoms. The number of rotatable bonds is 7. The van der Waals surface area contributed by atoms with E-state index in [4.69, 9.17) is 4.74 Å². The van der Waals surface area contributed by atoms with Gasteiger partial charge in [0.1, 0.15) is 0 Å². The molecule has 2 atom stereocenters. The first-order valence-corrected chi connectivity index (χ1v) is 12.1. The highest BCUT2D eigenvalue weighted by molar-refractivity contribution is 7.98. The van der Waals surface area contributed by atoms with Crippen LogP contribution in [0.5, 0.6) is 0 Å². The van der Waals surface area contributed by atoms with Gasteiger partial charge < -0.3 is 10.1 Å². The molecule has 1 aliphatic heterocycles. The standard InChI is InChI=1S/C17H22N4O4S3/c1-11-9-21(10-12(2)25-11)28(23,24)14-6-4-5-13(7-14)15(22)8-18-16-19-17(26-3)20-27-16/h4-7,11-12H,8-10H2,1-3H3,(H,18,19,20). The SMILES string of the molecule is CSc1nsc(NCC(=O)c2cccc(S(=O)(=O)N3CC(C)OC(C)C3)c2)n1. The lowest BCUT2D eigenvalue weighted by Crippen LogP contribution is -2.48. The molecular weight excluding hydrogens is 420 g/mol. The molecule has 2 heterocycles. The van der Waals surface area contributed by atoms with Crippen LogP contribution in [0.1, 0.15) is 24.2 Å². The van der Waals surface area contributed by atoms with Crippen LogP contribution in [-0.4, -0.2) is 66.0 Å². The molecule has 1 aliphatic rings. The highest BCUT2D eigenvalue weighted by Gasteiger charge is 2.32. The predicted molar refractivity (Wildman–Crippen MR) is 110 cm³/mol.